The number of amides is 2. The Morgan fingerprint density at radius 1 is 0.816 bits per heavy atom. The second kappa shape index (κ2) is 16.2. The number of nitro groups is 2. The number of aromatic hydroxyl groups is 1. The number of benzene rings is 2. The molecule has 0 radical (unpaired) electrons. The Kier molecular flexibility index (Phi) is 13.1. The highest BCUT2D eigenvalue weighted by Gasteiger charge is 2.39. The minimum absolute atomic E-state index is 0.0309. The Labute approximate surface area is 289 Å². The summed E-state index contributed by atoms with van der Waals surface area (Å²) < 4.78 is 6.38. The number of rotatable bonds is 8. The molecular weight excluding hydrogens is 648 g/mol. The number of hydrogen-bond donors (Lipinski definition) is 2. The van der Waals surface area contributed by atoms with Crippen molar-refractivity contribution in [3.05, 3.63) is 72.3 Å². The average Bonchev–Trinajstić information content (AvgIpc) is 3.05. The lowest BCUT2D eigenvalue weighted by atomic mass is 9.99. The van der Waals surface area contributed by atoms with Gasteiger partial charge in [-0.15, -0.1) is 0 Å². The molecule has 13 nitrogen and oxygen atoms in total. The summed E-state index contributed by atoms with van der Waals surface area (Å²) in [4.78, 5) is 50.7. The molecule has 0 bridgehead atoms. The highest BCUT2D eigenvalue weighted by Crippen LogP contribution is 2.37. The van der Waals surface area contributed by atoms with Crippen molar-refractivity contribution in [2.45, 2.75) is 110 Å². The highest BCUT2D eigenvalue weighted by atomic mass is 28.4. The second-order valence-corrected chi connectivity index (χ2v) is 19.5. The molecule has 49 heavy (non-hydrogen) atoms. The van der Waals surface area contributed by atoms with E-state index in [0.717, 1.165) is 49.3 Å². The van der Waals surface area contributed by atoms with E-state index in [1.54, 1.807) is 17.9 Å². The van der Waals surface area contributed by atoms with E-state index in [1.165, 1.54) is 17.0 Å². The third-order valence-electron chi connectivity index (χ3n) is 10.2. The van der Waals surface area contributed by atoms with E-state index < -0.39 is 29.8 Å². The summed E-state index contributed by atoms with van der Waals surface area (Å²) >= 11 is 0. The van der Waals surface area contributed by atoms with Gasteiger partial charge < -0.3 is 24.4 Å². The third-order valence-corrected chi connectivity index (χ3v) is 14.7. The first-order chi connectivity index (χ1) is 22.8. The van der Waals surface area contributed by atoms with Crippen molar-refractivity contribution in [2.75, 3.05) is 26.3 Å². The largest absolute Gasteiger partial charge is 0.507 e. The smallest absolute Gasteiger partial charge is 0.285 e. The Morgan fingerprint density at radius 3 is 1.76 bits per heavy atom. The van der Waals surface area contributed by atoms with Gasteiger partial charge in [0, 0.05) is 19.2 Å². The number of nitro benzene ring substituents is 2. The average molecular weight is 701 g/mol. The molecule has 0 unspecified atom stereocenters. The van der Waals surface area contributed by atoms with Crippen LogP contribution in [0.2, 0.25) is 18.1 Å². The maximum atomic E-state index is 13.3. The van der Waals surface area contributed by atoms with Gasteiger partial charge in [0.25, 0.3) is 23.2 Å². The van der Waals surface area contributed by atoms with E-state index in [1.807, 2.05) is 13.8 Å². The van der Waals surface area contributed by atoms with E-state index in [4.69, 9.17) is 4.43 Å². The van der Waals surface area contributed by atoms with Crippen LogP contribution >= 0.6 is 0 Å². The number of nitrogens with zero attached hydrogens (tertiary/aromatic N) is 4. The summed E-state index contributed by atoms with van der Waals surface area (Å²) in [6.45, 7) is 17.7. The van der Waals surface area contributed by atoms with Crippen LogP contribution in [-0.2, 0) is 4.43 Å². The molecule has 2 aromatic rings. The fraction of sp³-hybridized carbons (Fsp3) is 0.600. The van der Waals surface area contributed by atoms with Gasteiger partial charge in [-0.3, -0.25) is 29.8 Å². The maximum Gasteiger partial charge on any atom is 0.285 e. The third kappa shape index (κ3) is 9.43. The van der Waals surface area contributed by atoms with E-state index in [0.29, 0.717) is 31.7 Å². The topological polar surface area (TPSA) is 177 Å². The molecule has 2 aliphatic heterocycles. The van der Waals surface area contributed by atoms with Crippen molar-refractivity contribution in [2.24, 2.45) is 0 Å². The first-order valence-corrected chi connectivity index (χ1v) is 19.8. The number of likely N-dealkylation sites (tertiary alicyclic amines) is 2. The zero-order valence-electron chi connectivity index (χ0n) is 30.1. The molecule has 2 amide bonds. The molecule has 2 fully saturated rings. The monoisotopic (exact) mass is 700 g/mol. The summed E-state index contributed by atoms with van der Waals surface area (Å²) in [5.74, 6) is -0.933. The molecule has 270 valence electrons. The van der Waals surface area contributed by atoms with Crippen LogP contribution in [0, 0.1) is 41.0 Å². The molecule has 0 spiro atoms. The molecule has 4 rings (SSSR count). The van der Waals surface area contributed by atoms with Crippen molar-refractivity contribution >= 4 is 31.5 Å². The van der Waals surface area contributed by atoms with Gasteiger partial charge >= 0.3 is 0 Å². The molecule has 0 saturated carbocycles. The molecule has 2 aromatic carbocycles. The Hall–Kier alpha value is -3.88. The van der Waals surface area contributed by atoms with Gasteiger partial charge in [-0.25, -0.2) is 0 Å². The van der Waals surface area contributed by atoms with Gasteiger partial charge in [0.05, 0.1) is 41.2 Å². The number of hydrogen-bond acceptors (Lipinski definition) is 9. The van der Waals surface area contributed by atoms with E-state index in [-0.39, 0.29) is 52.2 Å². The lowest BCUT2D eigenvalue weighted by Crippen LogP contribution is -2.50. The molecule has 2 N–H and O–H groups in total. The molecular formula is C35H52N4O9Si. The van der Waals surface area contributed by atoms with Crippen LogP contribution < -0.4 is 0 Å². The SMILES string of the molecule is Cc1cc(C(=O)N2CCCC[C@H]2CO)c([N+](=O)[O-])cc1O.Cc1cc(C(=O)N2CCCC[C@H]2CO[Si](C)(C)C(C)(C)C)c([N+](=O)[O-])cc1C. The number of carbonyl (C=O) groups excluding carboxylic acids is 2. The van der Waals surface area contributed by atoms with Crippen LogP contribution in [0.15, 0.2) is 24.3 Å². The zero-order chi connectivity index (χ0) is 36.8. The standard InChI is InChI=1S/C21H34N2O4Si.C14H18N2O5/c1-15-12-18(19(23(25)26)13-16(15)2)20(24)22-11-9-8-10-17(22)14-27-28(6,7)21(3,4)5;1-9-6-11(12(16(20)21)7-13(9)18)14(19)15-5-3-2-4-10(15)8-17/h12-13,17H,8-11,14H2,1-7H3;6-7,10,17-18H,2-5,8H2,1H3/t17-;10-/m00/s1. The Bertz CT molecular complexity index is 1560. The number of aliphatic hydroxyl groups is 1. The number of phenols is 1. The van der Waals surface area contributed by atoms with Gasteiger partial charge in [0.2, 0.25) is 0 Å². The molecule has 2 atom stereocenters. The number of aliphatic hydroxyl groups excluding tert-OH is 1. The van der Waals surface area contributed by atoms with Crippen molar-refractivity contribution in [1.29, 1.82) is 0 Å². The fourth-order valence-electron chi connectivity index (χ4n) is 5.86. The second-order valence-electron chi connectivity index (χ2n) is 14.7. The quantitative estimate of drug-likeness (QED) is 0.170. The van der Waals surface area contributed by atoms with Gasteiger partial charge in [-0.2, -0.15) is 0 Å². The van der Waals surface area contributed by atoms with Crippen LogP contribution in [0.5, 0.6) is 5.75 Å². The number of piperidine rings is 2. The summed E-state index contributed by atoms with van der Waals surface area (Å²) in [5.41, 5.74) is 1.73. The van der Waals surface area contributed by atoms with Gasteiger partial charge in [-0.1, -0.05) is 20.8 Å². The van der Waals surface area contributed by atoms with E-state index in [9.17, 15) is 40.0 Å². The predicted octanol–water partition coefficient (Wildman–Crippen LogP) is 6.82. The normalized spacial score (nSPS) is 18.4. The summed E-state index contributed by atoms with van der Waals surface area (Å²) in [5, 5.41) is 41.7. The zero-order valence-corrected chi connectivity index (χ0v) is 31.1. The lowest BCUT2D eigenvalue weighted by molar-refractivity contribution is -0.385. The van der Waals surface area contributed by atoms with Crippen molar-refractivity contribution in [3.63, 3.8) is 0 Å². The van der Waals surface area contributed by atoms with Crippen LogP contribution in [0.1, 0.15) is 96.7 Å². The lowest BCUT2D eigenvalue weighted by Gasteiger charge is -2.41. The molecule has 14 heteroatoms. The minimum atomic E-state index is -1.92. The molecule has 2 heterocycles. The predicted molar refractivity (Wildman–Crippen MR) is 190 cm³/mol. The van der Waals surface area contributed by atoms with Crippen molar-refractivity contribution < 1.29 is 34.1 Å². The Balaban J connectivity index is 0.000000276. The number of carbonyl (C=O) groups is 2. The maximum absolute atomic E-state index is 13.3. The van der Waals surface area contributed by atoms with Crippen LogP contribution in [0.4, 0.5) is 11.4 Å². The van der Waals surface area contributed by atoms with Gasteiger partial charge in [-0.05, 0) is 106 Å². The van der Waals surface area contributed by atoms with Gasteiger partial charge in [0.15, 0.2) is 8.32 Å². The van der Waals surface area contributed by atoms with E-state index in [2.05, 4.69) is 33.9 Å². The minimum Gasteiger partial charge on any atom is -0.507 e. The Morgan fingerprint density at radius 2 is 1.27 bits per heavy atom. The first-order valence-electron chi connectivity index (χ1n) is 16.9. The van der Waals surface area contributed by atoms with Crippen LogP contribution in [0.3, 0.4) is 0 Å². The summed E-state index contributed by atoms with van der Waals surface area (Å²) in [7, 11) is -1.92. The number of phenolic OH excluding ortho intramolecular Hbond substituents is 1. The van der Waals surface area contributed by atoms with Crippen molar-refractivity contribution in [3.8, 4) is 5.75 Å². The highest BCUT2D eigenvalue weighted by molar-refractivity contribution is 6.74. The first kappa shape index (κ1) is 39.6. The molecule has 0 aliphatic carbocycles. The molecule has 0 aromatic heterocycles. The fourth-order valence-corrected chi connectivity index (χ4v) is 6.90. The summed E-state index contributed by atoms with van der Waals surface area (Å²) in [6, 6.07) is 5.17. The van der Waals surface area contributed by atoms with Crippen LogP contribution in [0.25, 0.3) is 0 Å². The molecule has 2 aliphatic rings. The van der Waals surface area contributed by atoms with Gasteiger partial charge in [0.1, 0.15) is 16.9 Å². The van der Waals surface area contributed by atoms with Crippen LogP contribution in [-0.4, -0.2) is 88.4 Å². The van der Waals surface area contributed by atoms with E-state index >= 15 is 0 Å². The van der Waals surface area contributed by atoms with Crippen molar-refractivity contribution in [1.82, 2.24) is 9.80 Å². The molecule has 2 saturated heterocycles. The summed E-state index contributed by atoms with van der Waals surface area (Å²) in [6.07, 6.45) is 5.26. The number of aryl methyl sites for hydroxylation is 3.